The SMILES string of the molecule is CC1Oc2cc3c(cc2N=C1N)C(N(CCCCCN(C(=O)OC(C)(C)C)C(C)C)C(=O)OC(C)(C)C)CCC3. The van der Waals surface area contributed by atoms with Crippen molar-refractivity contribution in [1.29, 1.82) is 0 Å². The molecule has 9 nitrogen and oxygen atoms in total. The second kappa shape index (κ2) is 12.7. The van der Waals surface area contributed by atoms with Gasteiger partial charge in [0.15, 0.2) is 6.10 Å². The molecule has 0 aromatic heterocycles. The molecular formula is C31H50N4O5. The summed E-state index contributed by atoms with van der Waals surface area (Å²) in [5.74, 6) is 1.19. The van der Waals surface area contributed by atoms with Gasteiger partial charge in [0.1, 0.15) is 28.5 Å². The summed E-state index contributed by atoms with van der Waals surface area (Å²) < 4.78 is 17.4. The Morgan fingerprint density at radius 2 is 1.65 bits per heavy atom. The molecule has 40 heavy (non-hydrogen) atoms. The highest BCUT2D eigenvalue weighted by Crippen LogP contribution is 2.42. The molecule has 224 valence electrons. The molecular weight excluding hydrogens is 508 g/mol. The summed E-state index contributed by atoms with van der Waals surface area (Å²) in [6, 6.07) is 4.02. The second-order valence-corrected chi connectivity index (χ2v) is 13.2. The fraction of sp³-hybridized carbons (Fsp3) is 0.710. The molecule has 0 bridgehead atoms. The van der Waals surface area contributed by atoms with Crippen molar-refractivity contribution in [2.75, 3.05) is 13.1 Å². The van der Waals surface area contributed by atoms with Gasteiger partial charge in [-0.1, -0.05) is 0 Å². The number of rotatable bonds is 8. The van der Waals surface area contributed by atoms with Crippen LogP contribution in [0.2, 0.25) is 0 Å². The van der Waals surface area contributed by atoms with Crippen molar-refractivity contribution >= 4 is 23.7 Å². The van der Waals surface area contributed by atoms with Gasteiger partial charge in [0.05, 0.1) is 6.04 Å². The lowest BCUT2D eigenvalue weighted by atomic mass is 9.86. The van der Waals surface area contributed by atoms with Crippen molar-refractivity contribution in [3.63, 3.8) is 0 Å². The van der Waals surface area contributed by atoms with Crippen molar-refractivity contribution in [1.82, 2.24) is 9.80 Å². The van der Waals surface area contributed by atoms with E-state index in [9.17, 15) is 9.59 Å². The molecule has 1 aromatic carbocycles. The maximum Gasteiger partial charge on any atom is 0.410 e. The highest BCUT2D eigenvalue weighted by atomic mass is 16.6. The fourth-order valence-corrected chi connectivity index (χ4v) is 5.10. The zero-order valence-electron chi connectivity index (χ0n) is 26.0. The maximum atomic E-state index is 13.5. The van der Waals surface area contributed by atoms with E-state index in [1.165, 1.54) is 5.56 Å². The van der Waals surface area contributed by atoms with Crippen molar-refractivity contribution in [2.45, 2.75) is 130 Å². The fourth-order valence-electron chi connectivity index (χ4n) is 5.10. The van der Waals surface area contributed by atoms with E-state index in [1.54, 1.807) is 4.90 Å². The van der Waals surface area contributed by atoms with Crippen LogP contribution in [0.3, 0.4) is 0 Å². The number of hydrogen-bond donors (Lipinski definition) is 1. The third-order valence-electron chi connectivity index (χ3n) is 7.03. The smallest absolute Gasteiger partial charge is 0.410 e. The highest BCUT2D eigenvalue weighted by Gasteiger charge is 2.34. The largest absolute Gasteiger partial charge is 0.481 e. The normalized spacial score (nSPS) is 18.7. The lowest BCUT2D eigenvalue weighted by molar-refractivity contribution is 0.0134. The number of nitrogens with zero attached hydrogens (tertiary/aromatic N) is 3. The molecule has 2 N–H and O–H groups in total. The topological polar surface area (TPSA) is 107 Å². The number of aliphatic imine (C=N–C) groups is 1. The molecule has 2 aliphatic rings. The number of unbranched alkanes of at least 4 members (excludes halogenated alkanes) is 2. The molecule has 2 amide bonds. The van der Waals surface area contributed by atoms with Crippen LogP contribution in [0.1, 0.15) is 112 Å². The number of hydrogen-bond acceptors (Lipinski definition) is 7. The molecule has 0 spiro atoms. The van der Waals surface area contributed by atoms with Gasteiger partial charge in [-0.05, 0) is 124 Å². The van der Waals surface area contributed by atoms with Gasteiger partial charge in [0.25, 0.3) is 0 Å². The van der Waals surface area contributed by atoms with Crippen LogP contribution >= 0.6 is 0 Å². The minimum absolute atomic E-state index is 0.0430. The van der Waals surface area contributed by atoms with Crippen LogP contribution in [-0.4, -0.2) is 64.3 Å². The van der Waals surface area contributed by atoms with E-state index in [-0.39, 0.29) is 30.4 Å². The predicted octanol–water partition coefficient (Wildman–Crippen LogP) is 6.89. The molecule has 1 aliphatic heterocycles. The molecule has 9 heteroatoms. The summed E-state index contributed by atoms with van der Waals surface area (Å²) >= 11 is 0. The summed E-state index contributed by atoms with van der Waals surface area (Å²) in [5, 5.41) is 0. The third-order valence-corrected chi connectivity index (χ3v) is 7.03. The van der Waals surface area contributed by atoms with Gasteiger partial charge in [-0.3, -0.25) is 0 Å². The van der Waals surface area contributed by atoms with Gasteiger partial charge < -0.3 is 29.7 Å². The van der Waals surface area contributed by atoms with E-state index in [0.29, 0.717) is 24.6 Å². The Morgan fingerprint density at radius 1 is 1.02 bits per heavy atom. The van der Waals surface area contributed by atoms with Crippen LogP contribution in [0.4, 0.5) is 15.3 Å². The Kier molecular flexibility index (Phi) is 10.0. The van der Waals surface area contributed by atoms with Crippen molar-refractivity contribution in [2.24, 2.45) is 10.7 Å². The van der Waals surface area contributed by atoms with Gasteiger partial charge in [0, 0.05) is 19.1 Å². The lowest BCUT2D eigenvalue weighted by Crippen LogP contribution is -2.42. The molecule has 1 aromatic rings. The quantitative estimate of drug-likeness (QED) is 0.348. The minimum Gasteiger partial charge on any atom is -0.481 e. The van der Waals surface area contributed by atoms with E-state index >= 15 is 0 Å². The number of amidine groups is 1. The first-order valence-corrected chi connectivity index (χ1v) is 14.7. The van der Waals surface area contributed by atoms with Gasteiger partial charge >= 0.3 is 12.2 Å². The Bertz CT molecular complexity index is 1090. The molecule has 0 saturated heterocycles. The number of carbonyl (C=O) groups is 2. The van der Waals surface area contributed by atoms with Crippen LogP contribution < -0.4 is 10.5 Å². The van der Waals surface area contributed by atoms with Crippen LogP contribution in [0.15, 0.2) is 17.1 Å². The standard InChI is InChI=1S/C31H50N4O5/c1-20(2)34(28(36)39-30(4,5)6)16-11-10-12-17-35(29(37)40-31(7,8)9)25-15-13-14-22-18-26-24(19-23(22)25)33-27(32)21(3)38-26/h18-21,25H,10-17H2,1-9H3,(H2,32,33). The second-order valence-electron chi connectivity index (χ2n) is 13.2. The van der Waals surface area contributed by atoms with E-state index < -0.39 is 11.2 Å². The predicted molar refractivity (Wildman–Crippen MR) is 158 cm³/mol. The third kappa shape index (κ3) is 8.51. The van der Waals surface area contributed by atoms with E-state index in [4.69, 9.17) is 19.9 Å². The average Bonchev–Trinajstić information content (AvgIpc) is 2.80. The minimum atomic E-state index is -0.601. The van der Waals surface area contributed by atoms with E-state index in [0.717, 1.165) is 49.8 Å². The summed E-state index contributed by atoms with van der Waals surface area (Å²) in [4.78, 5) is 34.4. The molecule has 3 rings (SSSR count). The zero-order valence-corrected chi connectivity index (χ0v) is 26.0. The van der Waals surface area contributed by atoms with Gasteiger partial charge in [-0.25, -0.2) is 14.6 Å². The highest BCUT2D eigenvalue weighted by molar-refractivity contribution is 5.90. The van der Waals surface area contributed by atoms with E-state index in [2.05, 4.69) is 11.1 Å². The number of nitrogens with two attached hydrogens (primary N) is 1. The molecule has 0 radical (unpaired) electrons. The molecule has 0 saturated carbocycles. The number of amides is 2. The first-order valence-electron chi connectivity index (χ1n) is 14.7. The van der Waals surface area contributed by atoms with Crippen LogP contribution in [0, 0.1) is 0 Å². The molecule has 1 aliphatic carbocycles. The number of benzene rings is 1. The maximum absolute atomic E-state index is 13.5. The van der Waals surface area contributed by atoms with Crippen LogP contribution in [0.25, 0.3) is 0 Å². The van der Waals surface area contributed by atoms with Crippen LogP contribution in [0.5, 0.6) is 5.75 Å². The van der Waals surface area contributed by atoms with Crippen molar-refractivity contribution < 1.29 is 23.8 Å². The van der Waals surface area contributed by atoms with Crippen molar-refractivity contribution in [3.05, 3.63) is 23.3 Å². The summed E-state index contributed by atoms with van der Waals surface area (Å²) in [5.41, 5.74) is 7.91. The van der Waals surface area contributed by atoms with Gasteiger partial charge in [-0.15, -0.1) is 0 Å². The number of aryl methyl sites for hydroxylation is 1. The number of carbonyl (C=O) groups excluding carboxylic acids is 2. The van der Waals surface area contributed by atoms with Gasteiger partial charge in [-0.2, -0.15) is 0 Å². The Hall–Kier alpha value is -2.97. The summed E-state index contributed by atoms with van der Waals surface area (Å²) in [6.07, 6.45) is 4.35. The first kappa shape index (κ1) is 31.6. The molecule has 0 fully saturated rings. The van der Waals surface area contributed by atoms with Gasteiger partial charge in [0.2, 0.25) is 0 Å². The number of fused-ring (bicyclic) bond motifs is 2. The zero-order chi connectivity index (χ0) is 29.8. The van der Waals surface area contributed by atoms with E-state index in [1.807, 2.05) is 73.3 Å². The monoisotopic (exact) mass is 558 g/mol. The Labute approximate surface area is 240 Å². The molecule has 2 atom stereocenters. The van der Waals surface area contributed by atoms with Crippen LogP contribution in [-0.2, 0) is 15.9 Å². The van der Waals surface area contributed by atoms with Crippen molar-refractivity contribution in [3.8, 4) is 5.75 Å². The first-order chi connectivity index (χ1) is 18.6. The molecule has 2 unspecified atom stereocenters. The average molecular weight is 559 g/mol. The Morgan fingerprint density at radius 3 is 2.27 bits per heavy atom. The number of ether oxygens (including phenoxy) is 3. The summed E-state index contributed by atoms with van der Waals surface area (Å²) in [6.45, 7) is 18.4. The summed E-state index contributed by atoms with van der Waals surface area (Å²) in [7, 11) is 0. The molecule has 1 heterocycles. The lowest BCUT2D eigenvalue weighted by Gasteiger charge is -2.37. The Balaban J connectivity index is 1.74.